The summed E-state index contributed by atoms with van der Waals surface area (Å²) < 4.78 is 0. The number of rotatable bonds is 6. The van der Waals surface area contributed by atoms with Gasteiger partial charge in [0.15, 0.2) is 0 Å². The predicted octanol–water partition coefficient (Wildman–Crippen LogP) is 0.320. The second kappa shape index (κ2) is 7.37. The molecule has 2 amide bonds. The Morgan fingerprint density at radius 3 is 2.37 bits per heavy atom. The number of nitrogens with one attached hydrogen (secondary N) is 1. The van der Waals surface area contributed by atoms with Gasteiger partial charge in [0, 0.05) is 25.8 Å². The fraction of sp³-hybridized carbons (Fsp3) is 0.750. The molecule has 108 valence electrons. The van der Waals surface area contributed by atoms with Gasteiger partial charge < -0.3 is 15.3 Å². The molecule has 1 saturated heterocycles. The molecule has 0 saturated carbocycles. The number of likely N-dealkylation sites (tertiary alicyclic amines) is 1. The Balaban J connectivity index is 2.42. The molecule has 1 fully saturated rings. The third-order valence-electron chi connectivity index (χ3n) is 2.95. The molecule has 6 nitrogen and oxygen atoms in total. The number of carboxylic acids is 1. The molecule has 1 unspecified atom stereocenters. The van der Waals surface area contributed by atoms with Gasteiger partial charge in [0.1, 0.15) is 6.04 Å². The maximum Gasteiger partial charge on any atom is 0.327 e. The molecule has 0 bridgehead atoms. The molecular weight excluding hydrogens is 268 g/mol. The summed E-state index contributed by atoms with van der Waals surface area (Å²) in [4.78, 5) is 35.7. The minimum Gasteiger partial charge on any atom is -0.480 e. The lowest BCUT2D eigenvalue weighted by atomic mass is 10.3. The minimum atomic E-state index is -1.08. The third kappa shape index (κ3) is 5.10. The zero-order chi connectivity index (χ0) is 14.4. The first-order valence-electron chi connectivity index (χ1n) is 6.32. The molecule has 1 rings (SSSR count). The van der Waals surface area contributed by atoms with E-state index in [1.165, 1.54) is 18.7 Å². The van der Waals surface area contributed by atoms with Crippen molar-refractivity contribution < 1.29 is 19.5 Å². The lowest BCUT2D eigenvalue weighted by Crippen LogP contribution is -2.42. The van der Waals surface area contributed by atoms with E-state index < -0.39 is 12.0 Å². The summed E-state index contributed by atoms with van der Waals surface area (Å²) >= 11 is 1.26. The van der Waals surface area contributed by atoms with Gasteiger partial charge >= 0.3 is 5.97 Å². The van der Waals surface area contributed by atoms with Crippen molar-refractivity contribution in [1.29, 1.82) is 0 Å². The number of amides is 2. The maximum atomic E-state index is 12.0. The van der Waals surface area contributed by atoms with Crippen molar-refractivity contribution in [3.8, 4) is 0 Å². The van der Waals surface area contributed by atoms with Crippen molar-refractivity contribution in [2.45, 2.75) is 38.0 Å². The van der Waals surface area contributed by atoms with Gasteiger partial charge in [-0.2, -0.15) is 0 Å². The standard InChI is InChI=1S/C12H20N2O4S/c1-8(11(16)14-5-3-4-6-14)19-7-10(12(17)18)13-9(2)15/h8,10H,3-7H2,1-2H3,(H,13,15)(H,17,18)/t8?,10-/m0/s1. The van der Waals surface area contributed by atoms with Crippen LogP contribution in [0.5, 0.6) is 0 Å². The first-order chi connectivity index (χ1) is 8.91. The molecule has 0 aliphatic carbocycles. The highest BCUT2D eigenvalue weighted by atomic mass is 32.2. The lowest BCUT2D eigenvalue weighted by Gasteiger charge is -2.21. The first-order valence-corrected chi connectivity index (χ1v) is 7.37. The van der Waals surface area contributed by atoms with E-state index >= 15 is 0 Å². The van der Waals surface area contributed by atoms with Crippen LogP contribution in [0.25, 0.3) is 0 Å². The Morgan fingerprint density at radius 2 is 1.89 bits per heavy atom. The molecule has 7 heteroatoms. The van der Waals surface area contributed by atoms with Gasteiger partial charge in [-0.1, -0.05) is 0 Å². The average molecular weight is 288 g/mol. The number of thioether (sulfide) groups is 1. The van der Waals surface area contributed by atoms with Gasteiger partial charge in [-0.3, -0.25) is 9.59 Å². The maximum absolute atomic E-state index is 12.0. The Hall–Kier alpha value is -1.24. The molecule has 1 heterocycles. The molecule has 19 heavy (non-hydrogen) atoms. The Labute approximate surface area is 116 Å². The normalized spacial score (nSPS) is 17.9. The predicted molar refractivity (Wildman–Crippen MR) is 73.0 cm³/mol. The van der Waals surface area contributed by atoms with Crippen LogP contribution >= 0.6 is 11.8 Å². The average Bonchev–Trinajstić information content (AvgIpc) is 2.85. The highest BCUT2D eigenvalue weighted by Crippen LogP contribution is 2.18. The summed E-state index contributed by atoms with van der Waals surface area (Å²) in [6, 6.07) is -0.948. The van der Waals surface area contributed by atoms with Gasteiger partial charge in [0.2, 0.25) is 11.8 Å². The van der Waals surface area contributed by atoms with Crippen molar-refractivity contribution in [2.24, 2.45) is 0 Å². The molecular formula is C12H20N2O4S. The van der Waals surface area contributed by atoms with E-state index in [4.69, 9.17) is 5.11 Å². The summed E-state index contributed by atoms with van der Waals surface area (Å²) in [6.07, 6.45) is 2.07. The second-order valence-corrected chi connectivity index (χ2v) is 5.97. The van der Waals surface area contributed by atoms with Gasteiger partial charge in [-0.25, -0.2) is 4.79 Å². The molecule has 0 radical (unpaired) electrons. The first kappa shape index (κ1) is 15.8. The molecule has 2 atom stereocenters. The van der Waals surface area contributed by atoms with E-state index in [-0.39, 0.29) is 22.8 Å². The Kier molecular flexibility index (Phi) is 6.14. The van der Waals surface area contributed by atoms with Crippen LogP contribution in [0.2, 0.25) is 0 Å². The number of nitrogens with zero attached hydrogens (tertiary/aromatic N) is 1. The topological polar surface area (TPSA) is 86.7 Å². The van der Waals surface area contributed by atoms with E-state index in [2.05, 4.69) is 5.32 Å². The number of carbonyl (C=O) groups excluding carboxylic acids is 2. The van der Waals surface area contributed by atoms with Crippen molar-refractivity contribution >= 4 is 29.5 Å². The Morgan fingerprint density at radius 1 is 1.32 bits per heavy atom. The fourth-order valence-electron chi connectivity index (χ4n) is 1.93. The molecule has 0 spiro atoms. The largest absolute Gasteiger partial charge is 0.480 e. The van der Waals surface area contributed by atoms with E-state index in [9.17, 15) is 14.4 Å². The van der Waals surface area contributed by atoms with Crippen LogP contribution in [0, 0.1) is 0 Å². The van der Waals surface area contributed by atoms with Crippen LogP contribution in [0.3, 0.4) is 0 Å². The van der Waals surface area contributed by atoms with E-state index in [1.54, 1.807) is 6.92 Å². The van der Waals surface area contributed by atoms with Crippen LogP contribution in [0.4, 0.5) is 0 Å². The fourth-order valence-corrected chi connectivity index (χ4v) is 2.93. The van der Waals surface area contributed by atoms with Crippen molar-refractivity contribution in [3.05, 3.63) is 0 Å². The molecule has 2 N–H and O–H groups in total. The van der Waals surface area contributed by atoms with E-state index in [0.29, 0.717) is 0 Å². The minimum absolute atomic E-state index is 0.0504. The number of hydrogen-bond acceptors (Lipinski definition) is 4. The zero-order valence-electron chi connectivity index (χ0n) is 11.2. The van der Waals surface area contributed by atoms with Gasteiger partial charge in [-0.05, 0) is 19.8 Å². The smallest absolute Gasteiger partial charge is 0.327 e. The van der Waals surface area contributed by atoms with E-state index in [1.807, 2.05) is 4.90 Å². The zero-order valence-corrected chi connectivity index (χ0v) is 12.0. The molecule has 1 aliphatic rings. The third-order valence-corrected chi connectivity index (χ3v) is 4.18. The number of aliphatic carboxylic acids is 1. The lowest BCUT2D eigenvalue weighted by molar-refractivity contribution is -0.140. The van der Waals surface area contributed by atoms with Gasteiger partial charge in [-0.15, -0.1) is 11.8 Å². The van der Waals surface area contributed by atoms with Crippen LogP contribution in [0.1, 0.15) is 26.7 Å². The van der Waals surface area contributed by atoms with Crippen LogP contribution in [0.15, 0.2) is 0 Å². The molecule has 0 aromatic rings. The van der Waals surface area contributed by atoms with Crippen molar-refractivity contribution in [2.75, 3.05) is 18.8 Å². The summed E-state index contributed by atoms with van der Waals surface area (Å²) in [5.74, 6) is -1.22. The summed E-state index contributed by atoms with van der Waals surface area (Å²) in [5, 5.41) is 11.0. The van der Waals surface area contributed by atoms with Gasteiger partial charge in [0.05, 0.1) is 5.25 Å². The van der Waals surface area contributed by atoms with Crippen LogP contribution in [-0.4, -0.2) is 57.9 Å². The van der Waals surface area contributed by atoms with E-state index in [0.717, 1.165) is 25.9 Å². The summed E-state index contributed by atoms with van der Waals surface area (Å²) in [7, 11) is 0. The molecule has 0 aromatic heterocycles. The summed E-state index contributed by atoms with van der Waals surface area (Å²) in [6.45, 7) is 4.63. The van der Waals surface area contributed by atoms with Crippen LogP contribution < -0.4 is 5.32 Å². The monoisotopic (exact) mass is 288 g/mol. The SMILES string of the molecule is CC(=O)N[C@@H](CSC(C)C(=O)N1CCCC1)C(=O)O. The Bertz CT molecular complexity index is 356. The molecule has 1 aliphatic heterocycles. The van der Waals surface area contributed by atoms with Crippen molar-refractivity contribution in [1.82, 2.24) is 10.2 Å². The number of carboxylic acid groups (broad SMARTS) is 1. The number of hydrogen-bond donors (Lipinski definition) is 2. The molecule has 0 aromatic carbocycles. The number of carbonyl (C=O) groups is 3. The quantitative estimate of drug-likeness (QED) is 0.735. The van der Waals surface area contributed by atoms with Gasteiger partial charge in [0.25, 0.3) is 0 Å². The highest BCUT2D eigenvalue weighted by Gasteiger charge is 2.26. The summed E-state index contributed by atoms with van der Waals surface area (Å²) in [5.41, 5.74) is 0. The highest BCUT2D eigenvalue weighted by molar-refractivity contribution is 8.00. The van der Waals surface area contributed by atoms with Crippen molar-refractivity contribution in [3.63, 3.8) is 0 Å². The van der Waals surface area contributed by atoms with Crippen LogP contribution in [-0.2, 0) is 14.4 Å². The second-order valence-electron chi connectivity index (χ2n) is 4.60.